The minimum atomic E-state index is 0.498. The van der Waals surface area contributed by atoms with Crippen molar-refractivity contribution in [3.8, 4) is 0 Å². The van der Waals surface area contributed by atoms with Crippen molar-refractivity contribution in [1.29, 1.82) is 0 Å². The largest absolute Gasteiger partial charge is 0.364 e. The summed E-state index contributed by atoms with van der Waals surface area (Å²) in [7, 11) is 3.47. The Balaban J connectivity index is 3.40. The predicted octanol–water partition coefficient (Wildman–Crippen LogP) is -0.121. The third-order valence-electron chi connectivity index (χ3n) is 1.35. The van der Waals surface area contributed by atoms with Crippen molar-refractivity contribution in [2.75, 3.05) is 25.6 Å². The summed E-state index contributed by atoms with van der Waals surface area (Å²) in [5.41, 5.74) is 5.32. The summed E-state index contributed by atoms with van der Waals surface area (Å²) < 4.78 is 0. The van der Waals surface area contributed by atoms with Crippen LogP contribution in [0.15, 0.2) is 10.2 Å². The van der Waals surface area contributed by atoms with Crippen LogP contribution in [0.4, 0.5) is 0 Å². The number of nitrogens with zero attached hydrogens (tertiary/aromatic N) is 2. The molecule has 0 radical (unpaired) electrons. The van der Waals surface area contributed by atoms with E-state index >= 15 is 0 Å². The molecule has 17 heavy (non-hydrogen) atoms. The monoisotopic (exact) mass is 292 g/mol. The lowest BCUT2D eigenvalue weighted by Crippen LogP contribution is -2.28. The van der Waals surface area contributed by atoms with Crippen molar-refractivity contribution in [3.63, 3.8) is 0 Å². The summed E-state index contributed by atoms with van der Waals surface area (Å²) in [6.45, 7) is 0. The molecule has 0 aliphatic carbocycles. The molecule has 4 N–H and O–H groups in total. The molecule has 6 nitrogen and oxygen atoms in total. The molecule has 0 fully saturated rings. The summed E-state index contributed by atoms with van der Waals surface area (Å²) in [5, 5.41) is 14.3. The molecule has 96 valence electrons. The van der Waals surface area contributed by atoms with Gasteiger partial charge in [0.2, 0.25) is 0 Å². The smallest absolute Gasteiger partial charge is 0.186 e. The van der Waals surface area contributed by atoms with E-state index in [1.54, 1.807) is 38.3 Å². The maximum absolute atomic E-state index is 4.84. The fourth-order valence-corrected chi connectivity index (χ4v) is 1.17. The van der Waals surface area contributed by atoms with Crippen LogP contribution in [0.25, 0.3) is 0 Å². The molecule has 0 aromatic heterocycles. The van der Waals surface area contributed by atoms with Crippen molar-refractivity contribution in [2.45, 2.75) is 0 Å². The maximum Gasteiger partial charge on any atom is 0.186 e. The Morgan fingerprint density at radius 2 is 1.41 bits per heavy atom. The highest BCUT2D eigenvalue weighted by Crippen LogP contribution is 1.93. The molecule has 0 heterocycles. The fourth-order valence-electron chi connectivity index (χ4n) is 0.568. The molecule has 0 unspecified atom stereocenters. The first-order valence-corrected chi connectivity index (χ1v) is 6.74. The van der Waals surface area contributed by atoms with E-state index < -0.39 is 0 Å². The van der Waals surface area contributed by atoms with Crippen LogP contribution in [-0.4, -0.2) is 48.3 Å². The maximum atomic E-state index is 4.84. The van der Waals surface area contributed by atoms with Crippen molar-refractivity contribution in [3.05, 3.63) is 0 Å². The van der Waals surface area contributed by atoms with Gasteiger partial charge in [-0.15, -0.1) is 0 Å². The van der Waals surface area contributed by atoms with Crippen molar-refractivity contribution in [1.82, 2.24) is 21.5 Å². The highest BCUT2D eigenvalue weighted by atomic mass is 32.2. The lowest BCUT2D eigenvalue weighted by Gasteiger charge is -1.99. The first-order valence-electron chi connectivity index (χ1n) is 4.77. The molecule has 0 aliphatic rings. The molecule has 0 spiro atoms. The zero-order valence-electron chi connectivity index (χ0n) is 9.69. The summed E-state index contributed by atoms with van der Waals surface area (Å²) in [6.07, 6.45) is 3.49. The van der Waals surface area contributed by atoms with Gasteiger partial charge in [0, 0.05) is 38.0 Å². The van der Waals surface area contributed by atoms with Gasteiger partial charge in [0.15, 0.2) is 10.2 Å². The second-order valence-corrected chi connectivity index (χ2v) is 4.43. The zero-order valence-corrected chi connectivity index (χ0v) is 12.1. The Hall–Kier alpha value is -0.930. The minimum absolute atomic E-state index is 0.498. The lowest BCUT2D eigenvalue weighted by molar-refractivity contribution is 0.980. The Morgan fingerprint density at radius 1 is 1.00 bits per heavy atom. The zero-order chi connectivity index (χ0) is 12.9. The summed E-state index contributed by atoms with van der Waals surface area (Å²) in [4.78, 5) is 0. The van der Waals surface area contributed by atoms with Gasteiger partial charge in [-0.2, -0.15) is 22.0 Å². The predicted molar refractivity (Wildman–Crippen MR) is 83.9 cm³/mol. The van der Waals surface area contributed by atoms with E-state index in [9.17, 15) is 0 Å². The number of rotatable bonds is 6. The van der Waals surface area contributed by atoms with E-state index in [1.807, 2.05) is 0 Å². The van der Waals surface area contributed by atoms with E-state index in [0.717, 1.165) is 11.5 Å². The van der Waals surface area contributed by atoms with Crippen LogP contribution in [0.1, 0.15) is 0 Å². The first kappa shape index (κ1) is 16.1. The fraction of sp³-hybridized carbons (Fsp3) is 0.500. The Labute approximate surface area is 116 Å². The molecule has 0 aliphatic heterocycles. The summed E-state index contributed by atoms with van der Waals surface area (Å²) in [6, 6.07) is 0. The van der Waals surface area contributed by atoms with Crippen LogP contribution in [0, 0.1) is 0 Å². The van der Waals surface area contributed by atoms with Gasteiger partial charge in [0.1, 0.15) is 0 Å². The van der Waals surface area contributed by atoms with Gasteiger partial charge in [-0.3, -0.25) is 10.9 Å². The van der Waals surface area contributed by atoms with Crippen LogP contribution in [-0.2, 0) is 0 Å². The van der Waals surface area contributed by atoms with Crippen molar-refractivity contribution < 1.29 is 0 Å². The normalized spacial score (nSPS) is 10.5. The molecular weight excluding hydrogens is 276 g/mol. The molecule has 9 heteroatoms. The number of thiocarbonyl (C=S) groups is 2. The van der Waals surface area contributed by atoms with E-state index in [0.29, 0.717) is 10.2 Å². The molecule has 0 atom stereocenters. The average Bonchev–Trinajstić information content (AvgIpc) is 2.35. The number of thioether (sulfide) groups is 1. The van der Waals surface area contributed by atoms with Gasteiger partial charge in [-0.25, -0.2) is 0 Å². The van der Waals surface area contributed by atoms with Gasteiger partial charge < -0.3 is 10.6 Å². The van der Waals surface area contributed by atoms with E-state index in [4.69, 9.17) is 24.4 Å². The summed E-state index contributed by atoms with van der Waals surface area (Å²) in [5.74, 6) is 1.56. The Kier molecular flexibility index (Phi) is 10.9. The SMILES string of the molecule is CNC(=S)N/N=C/CSC/C=N/NC(=S)NC. The van der Waals surface area contributed by atoms with Crippen LogP contribution < -0.4 is 21.5 Å². The second kappa shape index (κ2) is 11.6. The van der Waals surface area contributed by atoms with Gasteiger partial charge in [0.05, 0.1) is 0 Å². The molecular formula is C8H16N6S3. The number of hydrogen-bond donors (Lipinski definition) is 4. The third kappa shape index (κ3) is 11.3. The van der Waals surface area contributed by atoms with Gasteiger partial charge >= 0.3 is 0 Å². The molecule has 0 rings (SSSR count). The quantitative estimate of drug-likeness (QED) is 0.235. The molecule has 0 saturated carbocycles. The Bertz CT molecular complexity index is 263. The summed E-state index contributed by atoms with van der Waals surface area (Å²) >= 11 is 11.3. The average molecular weight is 292 g/mol. The minimum Gasteiger partial charge on any atom is -0.364 e. The lowest BCUT2D eigenvalue weighted by atomic mass is 10.9. The topological polar surface area (TPSA) is 72.8 Å². The Morgan fingerprint density at radius 3 is 1.76 bits per heavy atom. The van der Waals surface area contributed by atoms with Crippen LogP contribution >= 0.6 is 36.2 Å². The van der Waals surface area contributed by atoms with Gasteiger partial charge in [-0.1, -0.05) is 0 Å². The third-order valence-corrected chi connectivity index (χ3v) is 2.71. The number of hydrazone groups is 2. The van der Waals surface area contributed by atoms with E-state index in [-0.39, 0.29) is 0 Å². The highest BCUT2D eigenvalue weighted by molar-refractivity contribution is 8.00. The highest BCUT2D eigenvalue weighted by Gasteiger charge is 1.86. The van der Waals surface area contributed by atoms with Gasteiger partial charge in [0.25, 0.3) is 0 Å². The molecule has 0 saturated heterocycles. The molecule has 0 aromatic carbocycles. The molecule has 0 bridgehead atoms. The molecule has 0 aromatic rings. The molecule has 0 amide bonds. The van der Waals surface area contributed by atoms with Crippen molar-refractivity contribution in [2.24, 2.45) is 10.2 Å². The van der Waals surface area contributed by atoms with Crippen molar-refractivity contribution >= 4 is 58.9 Å². The van der Waals surface area contributed by atoms with Gasteiger partial charge in [-0.05, 0) is 24.4 Å². The number of hydrogen-bond acceptors (Lipinski definition) is 5. The van der Waals surface area contributed by atoms with E-state index in [1.165, 1.54) is 0 Å². The second-order valence-electron chi connectivity index (χ2n) is 2.54. The van der Waals surface area contributed by atoms with Crippen LogP contribution in [0.5, 0.6) is 0 Å². The van der Waals surface area contributed by atoms with Crippen LogP contribution in [0.2, 0.25) is 0 Å². The van der Waals surface area contributed by atoms with Crippen LogP contribution in [0.3, 0.4) is 0 Å². The number of nitrogens with one attached hydrogen (secondary N) is 4. The van der Waals surface area contributed by atoms with E-state index in [2.05, 4.69) is 31.7 Å². The first-order chi connectivity index (χ1) is 8.20. The standard InChI is InChI=1S/C8H16N6S3/c1-9-7(15)13-11-3-5-17-6-4-12-14-8(16)10-2/h3-4H,5-6H2,1-2H3,(H2,9,13,15)(H2,10,14,16)/b11-3+,12-4+.